The summed E-state index contributed by atoms with van der Waals surface area (Å²) in [5, 5.41) is 4.17. The summed E-state index contributed by atoms with van der Waals surface area (Å²) in [6, 6.07) is 12.4. The van der Waals surface area contributed by atoms with Gasteiger partial charge in [0, 0.05) is 22.1 Å². The van der Waals surface area contributed by atoms with Crippen LogP contribution in [0.1, 0.15) is 37.4 Å². The molecule has 1 N–H and O–H groups in total. The molecular formula is C20H21BrN2O2S. The number of para-hydroxylation sites is 1. The second-order valence-electron chi connectivity index (χ2n) is 6.86. The third kappa shape index (κ3) is 2.76. The fraction of sp³-hybridized carbons (Fsp3) is 0.350. The summed E-state index contributed by atoms with van der Waals surface area (Å²) >= 11 is 9.28. The fourth-order valence-corrected chi connectivity index (χ4v) is 4.48. The van der Waals surface area contributed by atoms with Crippen molar-refractivity contribution in [3.05, 3.63) is 52.0 Å². The molecule has 4 rings (SSSR count). The SMILES string of the molecule is CCOc1cccc2c1OC1(C)CC2NC(=S)N1c1ccc(Br)c(C)c1. The fourth-order valence-electron chi connectivity index (χ4n) is 3.79. The molecule has 2 bridgehead atoms. The smallest absolute Gasteiger partial charge is 0.188 e. The van der Waals surface area contributed by atoms with Crippen molar-refractivity contribution >= 4 is 38.9 Å². The van der Waals surface area contributed by atoms with Crippen molar-refractivity contribution in [2.75, 3.05) is 11.5 Å². The average Bonchev–Trinajstić information content (AvgIpc) is 2.58. The Morgan fingerprint density at radius 1 is 1.38 bits per heavy atom. The lowest BCUT2D eigenvalue weighted by Crippen LogP contribution is -2.65. The molecule has 0 aromatic heterocycles. The third-order valence-corrected chi connectivity index (χ3v) is 6.15. The Hall–Kier alpha value is -1.79. The molecule has 6 heteroatoms. The Kier molecular flexibility index (Phi) is 4.35. The highest BCUT2D eigenvalue weighted by molar-refractivity contribution is 9.10. The zero-order chi connectivity index (χ0) is 18.5. The lowest BCUT2D eigenvalue weighted by molar-refractivity contribution is 0.0457. The topological polar surface area (TPSA) is 33.7 Å². The van der Waals surface area contributed by atoms with Gasteiger partial charge in [0.05, 0.1) is 12.6 Å². The second kappa shape index (κ2) is 6.43. The van der Waals surface area contributed by atoms with Crippen LogP contribution in [0.4, 0.5) is 5.69 Å². The predicted molar refractivity (Wildman–Crippen MR) is 111 cm³/mol. The number of hydrogen-bond donors (Lipinski definition) is 1. The van der Waals surface area contributed by atoms with Gasteiger partial charge in [-0.25, -0.2) is 0 Å². The summed E-state index contributed by atoms with van der Waals surface area (Å²) in [4.78, 5) is 2.07. The van der Waals surface area contributed by atoms with E-state index in [0.717, 1.165) is 39.2 Å². The molecule has 2 unspecified atom stereocenters. The van der Waals surface area contributed by atoms with Crippen LogP contribution >= 0.6 is 28.1 Å². The van der Waals surface area contributed by atoms with E-state index in [1.165, 1.54) is 0 Å². The van der Waals surface area contributed by atoms with Gasteiger partial charge >= 0.3 is 0 Å². The van der Waals surface area contributed by atoms with Gasteiger partial charge in [0.2, 0.25) is 0 Å². The van der Waals surface area contributed by atoms with E-state index in [1.54, 1.807) is 0 Å². The lowest BCUT2D eigenvalue weighted by Gasteiger charge is -2.52. The standard InChI is InChI=1S/C20H21BrN2O2S/c1-4-24-17-7-5-6-14-16-11-20(3,25-18(14)17)23(19(26)22-16)13-8-9-15(21)12(2)10-13/h5-10,16H,4,11H2,1-3H3,(H,22,26). The molecule has 26 heavy (non-hydrogen) atoms. The summed E-state index contributed by atoms with van der Waals surface area (Å²) in [7, 11) is 0. The molecule has 2 aliphatic heterocycles. The van der Waals surface area contributed by atoms with Gasteiger partial charge < -0.3 is 14.8 Å². The molecular weight excluding hydrogens is 412 g/mol. The summed E-state index contributed by atoms with van der Waals surface area (Å²) < 4.78 is 13.4. The first-order valence-corrected chi connectivity index (χ1v) is 9.94. The molecule has 1 saturated heterocycles. The second-order valence-corrected chi connectivity index (χ2v) is 8.10. The van der Waals surface area contributed by atoms with E-state index >= 15 is 0 Å². The number of fused-ring (bicyclic) bond motifs is 4. The van der Waals surface area contributed by atoms with Crippen molar-refractivity contribution in [2.24, 2.45) is 0 Å². The number of anilines is 1. The van der Waals surface area contributed by atoms with Crippen molar-refractivity contribution < 1.29 is 9.47 Å². The highest BCUT2D eigenvalue weighted by atomic mass is 79.9. The molecule has 136 valence electrons. The quantitative estimate of drug-likeness (QED) is 0.682. The molecule has 0 spiro atoms. The Morgan fingerprint density at radius 2 is 2.19 bits per heavy atom. The van der Waals surface area contributed by atoms with Crippen molar-refractivity contribution in [2.45, 2.75) is 39.0 Å². The van der Waals surface area contributed by atoms with Gasteiger partial charge in [0.1, 0.15) is 0 Å². The van der Waals surface area contributed by atoms with E-state index in [-0.39, 0.29) is 6.04 Å². The zero-order valence-corrected chi connectivity index (χ0v) is 17.4. The molecule has 2 atom stereocenters. The van der Waals surface area contributed by atoms with Crippen LogP contribution in [0.25, 0.3) is 0 Å². The largest absolute Gasteiger partial charge is 0.490 e. The first-order chi connectivity index (χ1) is 12.4. The molecule has 4 nitrogen and oxygen atoms in total. The van der Waals surface area contributed by atoms with Crippen LogP contribution in [0.3, 0.4) is 0 Å². The van der Waals surface area contributed by atoms with Crippen molar-refractivity contribution in [1.82, 2.24) is 5.32 Å². The maximum absolute atomic E-state index is 6.54. The monoisotopic (exact) mass is 432 g/mol. The van der Waals surface area contributed by atoms with Gasteiger partial charge in [-0.1, -0.05) is 28.1 Å². The molecule has 2 heterocycles. The Labute approximate surface area is 167 Å². The summed E-state index contributed by atoms with van der Waals surface area (Å²) in [6.07, 6.45) is 0.796. The molecule has 2 aromatic carbocycles. The third-order valence-electron chi connectivity index (χ3n) is 4.96. The van der Waals surface area contributed by atoms with Crippen molar-refractivity contribution in [3.8, 4) is 11.5 Å². The van der Waals surface area contributed by atoms with Gasteiger partial charge in [-0.15, -0.1) is 0 Å². The summed E-state index contributed by atoms with van der Waals surface area (Å²) in [6.45, 7) is 6.75. The van der Waals surface area contributed by atoms with Crippen LogP contribution in [0.5, 0.6) is 11.5 Å². The predicted octanol–water partition coefficient (Wildman–Crippen LogP) is 5.09. The molecule has 0 amide bonds. The number of rotatable bonds is 3. The van der Waals surface area contributed by atoms with Crippen LogP contribution in [-0.2, 0) is 0 Å². The zero-order valence-electron chi connectivity index (χ0n) is 15.0. The number of halogens is 1. The van der Waals surface area contributed by atoms with E-state index < -0.39 is 5.72 Å². The van der Waals surface area contributed by atoms with Crippen LogP contribution in [0, 0.1) is 6.92 Å². The van der Waals surface area contributed by atoms with E-state index in [2.05, 4.69) is 58.2 Å². The minimum Gasteiger partial charge on any atom is -0.490 e. The Bertz CT molecular complexity index is 888. The van der Waals surface area contributed by atoms with Crippen molar-refractivity contribution in [3.63, 3.8) is 0 Å². The minimum atomic E-state index is -0.576. The van der Waals surface area contributed by atoms with Crippen LogP contribution in [-0.4, -0.2) is 17.4 Å². The first kappa shape index (κ1) is 17.6. The average molecular weight is 433 g/mol. The number of ether oxygens (including phenoxy) is 2. The summed E-state index contributed by atoms with van der Waals surface area (Å²) in [5.74, 6) is 1.59. The highest BCUT2D eigenvalue weighted by Gasteiger charge is 2.49. The summed E-state index contributed by atoms with van der Waals surface area (Å²) in [5.41, 5.74) is 2.69. The molecule has 2 aliphatic rings. The van der Waals surface area contributed by atoms with E-state index in [0.29, 0.717) is 11.7 Å². The number of nitrogens with zero attached hydrogens (tertiary/aromatic N) is 1. The first-order valence-electron chi connectivity index (χ1n) is 8.74. The maximum atomic E-state index is 6.54. The normalized spacial score (nSPS) is 23.8. The Balaban J connectivity index is 1.80. The Morgan fingerprint density at radius 3 is 2.92 bits per heavy atom. The van der Waals surface area contributed by atoms with Gasteiger partial charge in [0.25, 0.3) is 0 Å². The molecule has 1 fully saturated rings. The van der Waals surface area contributed by atoms with Gasteiger partial charge in [-0.05, 0) is 62.8 Å². The van der Waals surface area contributed by atoms with Crippen molar-refractivity contribution in [1.29, 1.82) is 0 Å². The molecule has 2 aromatic rings. The maximum Gasteiger partial charge on any atom is 0.188 e. The van der Waals surface area contributed by atoms with Gasteiger partial charge in [-0.2, -0.15) is 0 Å². The van der Waals surface area contributed by atoms with E-state index in [9.17, 15) is 0 Å². The minimum absolute atomic E-state index is 0.115. The van der Waals surface area contributed by atoms with Crippen LogP contribution in [0.2, 0.25) is 0 Å². The number of benzene rings is 2. The van der Waals surface area contributed by atoms with Crippen LogP contribution < -0.4 is 19.7 Å². The number of nitrogens with one attached hydrogen (secondary N) is 1. The molecule has 0 saturated carbocycles. The van der Waals surface area contributed by atoms with Gasteiger partial charge in [0.15, 0.2) is 22.3 Å². The molecule has 0 radical (unpaired) electrons. The highest BCUT2D eigenvalue weighted by Crippen LogP contribution is 2.49. The number of aryl methyl sites for hydroxylation is 1. The van der Waals surface area contributed by atoms with E-state index in [4.69, 9.17) is 21.7 Å². The van der Waals surface area contributed by atoms with E-state index in [1.807, 2.05) is 25.1 Å². The number of hydrogen-bond acceptors (Lipinski definition) is 3. The number of thiocarbonyl (C=S) groups is 1. The van der Waals surface area contributed by atoms with Crippen LogP contribution in [0.15, 0.2) is 40.9 Å². The molecule has 0 aliphatic carbocycles. The van der Waals surface area contributed by atoms with Gasteiger partial charge in [-0.3, -0.25) is 4.90 Å². The lowest BCUT2D eigenvalue weighted by atomic mass is 9.90.